The average molecular weight is 500 g/mol. The molecule has 1 unspecified atom stereocenters. The van der Waals surface area contributed by atoms with E-state index in [9.17, 15) is 14.4 Å². The summed E-state index contributed by atoms with van der Waals surface area (Å²) in [6.07, 6.45) is 0. The molecular weight excluding hydrogens is 470 g/mol. The molecule has 1 atom stereocenters. The molecule has 2 aromatic heterocycles. The molecule has 0 aliphatic heterocycles. The van der Waals surface area contributed by atoms with Gasteiger partial charge in [-0.15, -0.1) is 0 Å². The van der Waals surface area contributed by atoms with Crippen molar-refractivity contribution in [2.24, 2.45) is 5.73 Å². The van der Waals surface area contributed by atoms with E-state index in [1.165, 1.54) is 12.0 Å². The van der Waals surface area contributed by atoms with Crippen molar-refractivity contribution in [3.63, 3.8) is 0 Å². The monoisotopic (exact) mass is 499 g/mol. The highest BCUT2D eigenvalue weighted by Crippen LogP contribution is 2.34. The van der Waals surface area contributed by atoms with Crippen LogP contribution in [0.1, 0.15) is 63.1 Å². The first-order valence-electron chi connectivity index (χ1n) is 11.0. The number of hydrogen-bond donors (Lipinski definition) is 3. The van der Waals surface area contributed by atoms with Gasteiger partial charge in [-0.25, -0.2) is 0 Å². The number of furan rings is 1. The van der Waals surface area contributed by atoms with Crippen molar-refractivity contribution in [3.05, 3.63) is 64.1 Å². The van der Waals surface area contributed by atoms with E-state index in [2.05, 4.69) is 23.5 Å². The fourth-order valence-electron chi connectivity index (χ4n) is 3.49. The SMILES string of the molecule is COCCNC(=O)C(c1ccc(C)o1)N(C(=O)c1snc(C(N)=O)c1N)c1ccc(C(C)C)cc1. The van der Waals surface area contributed by atoms with Gasteiger partial charge in [-0.2, -0.15) is 4.37 Å². The number of carbonyl (C=O) groups excluding carboxylic acids is 3. The Morgan fingerprint density at radius 3 is 2.37 bits per heavy atom. The number of ether oxygens (including phenoxy) is 1. The third-order valence-corrected chi connectivity index (χ3v) is 6.21. The van der Waals surface area contributed by atoms with E-state index >= 15 is 0 Å². The highest BCUT2D eigenvalue weighted by molar-refractivity contribution is 7.09. The molecule has 0 spiro atoms. The van der Waals surface area contributed by atoms with Gasteiger partial charge in [0.05, 0.1) is 12.3 Å². The second-order valence-electron chi connectivity index (χ2n) is 8.19. The standard InChI is InChI=1S/C24H29N5O5S/c1-13(2)15-6-8-16(9-7-15)29(24(32)21-18(25)19(22(26)30)28-35-21)20(17-10-5-14(3)34-17)23(31)27-11-12-33-4/h5-10,13,20H,11-12,25H2,1-4H3,(H2,26,30)(H,27,31). The molecule has 11 heteroatoms. The van der Waals surface area contributed by atoms with Crippen LogP contribution in [-0.4, -0.2) is 42.4 Å². The molecule has 5 N–H and O–H groups in total. The minimum atomic E-state index is -1.17. The van der Waals surface area contributed by atoms with Crippen LogP contribution < -0.4 is 21.7 Å². The number of primary amides is 1. The van der Waals surface area contributed by atoms with Gasteiger partial charge in [-0.05, 0) is 54.2 Å². The molecule has 0 aliphatic rings. The lowest BCUT2D eigenvalue weighted by Gasteiger charge is -2.30. The summed E-state index contributed by atoms with van der Waals surface area (Å²) in [5.74, 6) is -0.838. The molecule has 0 bridgehead atoms. The fraction of sp³-hybridized carbons (Fsp3) is 0.333. The van der Waals surface area contributed by atoms with Crippen molar-refractivity contribution in [1.29, 1.82) is 0 Å². The van der Waals surface area contributed by atoms with Gasteiger partial charge < -0.3 is 25.9 Å². The normalized spacial score (nSPS) is 11.9. The average Bonchev–Trinajstić information content (AvgIpc) is 3.42. The zero-order valence-electron chi connectivity index (χ0n) is 20.0. The number of nitrogens with zero attached hydrogens (tertiary/aromatic N) is 2. The number of benzene rings is 1. The first-order valence-corrected chi connectivity index (χ1v) is 11.7. The van der Waals surface area contributed by atoms with Crippen molar-refractivity contribution in [2.75, 3.05) is 30.9 Å². The minimum absolute atomic E-state index is 0.00953. The Hall–Kier alpha value is -3.70. The lowest BCUT2D eigenvalue weighted by Crippen LogP contribution is -2.44. The maximum Gasteiger partial charge on any atom is 0.273 e. The number of nitrogen functional groups attached to an aromatic ring is 1. The Morgan fingerprint density at radius 1 is 1.17 bits per heavy atom. The van der Waals surface area contributed by atoms with Crippen LogP contribution in [0.4, 0.5) is 11.4 Å². The summed E-state index contributed by atoms with van der Waals surface area (Å²) in [6.45, 7) is 6.37. The maximum absolute atomic E-state index is 13.9. The van der Waals surface area contributed by atoms with Crippen LogP contribution in [0.25, 0.3) is 0 Å². The first-order chi connectivity index (χ1) is 16.6. The van der Waals surface area contributed by atoms with Gasteiger partial charge in [-0.3, -0.25) is 19.3 Å². The molecule has 2 heterocycles. The van der Waals surface area contributed by atoms with Gasteiger partial charge in [0.1, 0.15) is 16.4 Å². The molecule has 3 aromatic rings. The lowest BCUT2D eigenvalue weighted by molar-refractivity contribution is -0.123. The highest BCUT2D eigenvalue weighted by atomic mass is 32.1. The van der Waals surface area contributed by atoms with Crippen molar-refractivity contribution in [1.82, 2.24) is 9.69 Å². The van der Waals surface area contributed by atoms with Gasteiger partial charge in [0, 0.05) is 19.3 Å². The van der Waals surface area contributed by atoms with Crippen molar-refractivity contribution < 1.29 is 23.5 Å². The van der Waals surface area contributed by atoms with E-state index in [1.54, 1.807) is 31.2 Å². The summed E-state index contributed by atoms with van der Waals surface area (Å²) < 4.78 is 14.8. The predicted molar refractivity (Wildman–Crippen MR) is 133 cm³/mol. The Kier molecular flexibility index (Phi) is 8.26. The van der Waals surface area contributed by atoms with Gasteiger partial charge in [0.15, 0.2) is 11.7 Å². The van der Waals surface area contributed by atoms with Crippen LogP contribution >= 0.6 is 11.5 Å². The van der Waals surface area contributed by atoms with Gasteiger partial charge in [0.25, 0.3) is 17.7 Å². The van der Waals surface area contributed by atoms with E-state index in [4.69, 9.17) is 20.6 Å². The molecule has 3 amide bonds. The lowest BCUT2D eigenvalue weighted by atomic mass is 10.0. The molecule has 3 rings (SSSR count). The predicted octanol–water partition coefficient (Wildman–Crippen LogP) is 3.00. The summed E-state index contributed by atoms with van der Waals surface area (Å²) in [4.78, 5) is 40.3. The second kappa shape index (κ2) is 11.2. The van der Waals surface area contributed by atoms with E-state index in [1.807, 2.05) is 12.1 Å². The quantitative estimate of drug-likeness (QED) is 0.362. The van der Waals surface area contributed by atoms with Crippen LogP contribution in [0.15, 0.2) is 40.8 Å². The van der Waals surface area contributed by atoms with E-state index in [0.29, 0.717) is 11.4 Å². The minimum Gasteiger partial charge on any atom is -0.464 e. The maximum atomic E-state index is 13.9. The molecule has 0 saturated carbocycles. The Labute approximate surface area is 207 Å². The molecule has 10 nitrogen and oxygen atoms in total. The molecular formula is C24H29N5O5S. The molecule has 0 saturated heterocycles. The zero-order valence-corrected chi connectivity index (χ0v) is 20.8. The number of carbonyl (C=O) groups is 3. The summed E-state index contributed by atoms with van der Waals surface area (Å²) >= 11 is 0.745. The summed E-state index contributed by atoms with van der Waals surface area (Å²) in [7, 11) is 1.52. The fourth-order valence-corrected chi connectivity index (χ4v) is 4.23. The van der Waals surface area contributed by atoms with Gasteiger partial charge in [-0.1, -0.05) is 26.0 Å². The van der Waals surface area contributed by atoms with E-state index < -0.39 is 23.8 Å². The molecule has 0 aliphatic carbocycles. The number of aryl methyl sites for hydroxylation is 1. The Morgan fingerprint density at radius 2 is 1.86 bits per heavy atom. The summed E-state index contributed by atoms with van der Waals surface area (Å²) in [5, 5.41) is 2.78. The zero-order chi connectivity index (χ0) is 25.7. The number of hydrogen-bond acceptors (Lipinski definition) is 8. The molecule has 0 radical (unpaired) electrons. The molecule has 0 fully saturated rings. The summed E-state index contributed by atoms with van der Waals surface area (Å²) in [5.41, 5.74) is 12.6. The number of rotatable bonds is 10. The third-order valence-electron chi connectivity index (χ3n) is 5.35. The molecule has 186 valence electrons. The number of anilines is 2. The van der Waals surface area contributed by atoms with Gasteiger partial charge in [0.2, 0.25) is 0 Å². The number of methoxy groups -OCH3 is 1. The van der Waals surface area contributed by atoms with Crippen LogP contribution in [0.3, 0.4) is 0 Å². The van der Waals surface area contributed by atoms with Crippen molar-refractivity contribution in [3.8, 4) is 0 Å². The number of amides is 3. The van der Waals surface area contributed by atoms with E-state index in [0.717, 1.165) is 17.1 Å². The Balaban J connectivity index is 2.15. The highest BCUT2D eigenvalue weighted by Gasteiger charge is 2.37. The number of nitrogens with one attached hydrogen (secondary N) is 1. The topological polar surface area (TPSA) is 154 Å². The van der Waals surface area contributed by atoms with Crippen molar-refractivity contribution >= 4 is 40.6 Å². The van der Waals surface area contributed by atoms with Crippen LogP contribution in [0, 0.1) is 6.92 Å². The van der Waals surface area contributed by atoms with Crippen LogP contribution in [0.5, 0.6) is 0 Å². The van der Waals surface area contributed by atoms with Crippen molar-refractivity contribution in [2.45, 2.75) is 32.7 Å². The van der Waals surface area contributed by atoms with Crippen LogP contribution in [-0.2, 0) is 9.53 Å². The van der Waals surface area contributed by atoms with Gasteiger partial charge >= 0.3 is 0 Å². The second-order valence-corrected chi connectivity index (χ2v) is 8.97. The third kappa shape index (κ3) is 5.69. The Bertz CT molecular complexity index is 1200. The number of aromatic nitrogens is 1. The van der Waals surface area contributed by atoms with E-state index in [-0.39, 0.29) is 41.1 Å². The molecule has 35 heavy (non-hydrogen) atoms. The molecule has 1 aromatic carbocycles. The first kappa shape index (κ1) is 25.9. The number of nitrogens with two attached hydrogens (primary N) is 2. The largest absolute Gasteiger partial charge is 0.464 e. The smallest absolute Gasteiger partial charge is 0.273 e. The summed E-state index contributed by atoms with van der Waals surface area (Å²) in [6, 6.07) is 9.47. The van der Waals surface area contributed by atoms with Crippen LogP contribution in [0.2, 0.25) is 0 Å².